The Hall–Kier alpha value is -4.45. The fourth-order valence-electron chi connectivity index (χ4n) is 5.39. The van der Waals surface area contributed by atoms with E-state index in [1.54, 1.807) is 18.0 Å². The van der Waals surface area contributed by atoms with Crippen molar-refractivity contribution in [3.63, 3.8) is 0 Å². The smallest absolute Gasteiger partial charge is 0.406 e. The number of alkyl halides is 3. The second kappa shape index (κ2) is 13.9. The Morgan fingerprint density at radius 1 is 1.07 bits per heavy atom. The molecule has 5 rings (SSSR count). The molecular weight excluding hydrogens is 613 g/mol. The lowest BCUT2D eigenvalue weighted by Crippen LogP contribution is -2.42. The molecule has 0 spiro atoms. The Balaban J connectivity index is 1.26. The number of benzene rings is 3. The number of carbonyl (C=O) groups excluding carboxylic acids is 1. The van der Waals surface area contributed by atoms with Crippen LogP contribution in [0.5, 0.6) is 5.75 Å². The summed E-state index contributed by atoms with van der Waals surface area (Å²) in [6.07, 6.45) is -0.673. The summed E-state index contributed by atoms with van der Waals surface area (Å²) in [4.78, 5) is 28.1. The molecule has 4 aromatic rings. The number of rotatable bonds is 7. The van der Waals surface area contributed by atoms with Gasteiger partial charge in [-0.15, -0.1) is 18.3 Å². The monoisotopic (exact) mass is 648 g/mol. The molecule has 1 saturated heterocycles. The molecule has 8 nitrogen and oxygen atoms in total. The zero-order valence-corrected chi connectivity index (χ0v) is 27.0. The van der Waals surface area contributed by atoms with Crippen LogP contribution < -0.4 is 9.64 Å². The van der Waals surface area contributed by atoms with Crippen molar-refractivity contribution in [2.75, 3.05) is 10.7 Å². The minimum Gasteiger partial charge on any atom is -0.406 e. The second-order valence-corrected chi connectivity index (χ2v) is 12.5. The predicted octanol–water partition coefficient (Wildman–Crippen LogP) is 8.95. The first-order valence-electron chi connectivity index (χ1n) is 15.0. The van der Waals surface area contributed by atoms with Crippen LogP contribution in [0.15, 0.2) is 83.0 Å². The van der Waals surface area contributed by atoms with Crippen molar-refractivity contribution < 1.29 is 22.7 Å². The molecule has 0 bridgehead atoms. The highest BCUT2D eigenvalue weighted by molar-refractivity contribution is 8.14. The van der Waals surface area contributed by atoms with E-state index in [2.05, 4.69) is 69.5 Å². The van der Waals surface area contributed by atoms with Crippen LogP contribution in [0.4, 0.5) is 23.7 Å². The highest BCUT2D eigenvalue weighted by Gasteiger charge is 2.31. The summed E-state index contributed by atoms with van der Waals surface area (Å²) in [6.45, 7) is 10.6. The zero-order valence-electron chi connectivity index (χ0n) is 26.2. The van der Waals surface area contributed by atoms with Gasteiger partial charge < -0.3 is 9.64 Å². The Bertz CT molecular complexity index is 1730. The second-order valence-electron chi connectivity index (χ2n) is 11.4. The molecule has 3 aromatic carbocycles. The van der Waals surface area contributed by atoms with E-state index in [9.17, 15) is 18.0 Å². The van der Waals surface area contributed by atoms with Crippen LogP contribution in [-0.2, 0) is 0 Å². The SMILES string of the molecule is Cc1cccc(N2C(=NC(=O)N=CC(C)c3ccc(-c4ncn(-c5ccc(OC(F)(F)F)cc5)n4)cc3)SCCC2C)c1C(C)C. The first kappa shape index (κ1) is 32.9. The number of aryl methyl sites for hydroxylation is 1. The third-order valence-corrected chi connectivity index (χ3v) is 8.66. The van der Waals surface area contributed by atoms with Crippen LogP contribution in [-0.4, -0.2) is 50.3 Å². The summed E-state index contributed by atoms with van der Waals surface area (Å²) in [6, 6.07) is 18.9. The number of hydrogen-bond donors (Lipinski definition) is 0. The molecule has 2 amide bonds. The third-order valence-electron chi connectivity index (χ3n) is 7.67. The minimum atomic E-state index is -4.75. The lowest BCUT2D eigenvalue weighted by Gasteiger charge is -2.37. The van der Waals surface area contributed by atoms with Gasteiger partial charge in [-0.25, -0.2) is 19.5 Å². The van der Waals surface area contributed by atoms with Crippen molar-refractivity contribution in [2.24, 2.45) is 9.98 Å². The Kier molecular flexibility index (Phi) is 9.95. The number of nitrogens with zero attached hydrogens (tertiary/aromatic N) is 6. The zero-order chi connectivity index (χ0) is 33.0. The fraction of sp³-hybridized carbons (Fsp3) is 0.324. The number of anilines is 1. The Labute approximate surface area is 270 Å². The number of amides is 2. The van der Waals surface area contributed by atoms with E-state index in [4.69, 9.17) is 0 Å². The molecule has 0 aliphatic carbocycles. The van der Waals surface area contributed by atoms with Crippen LogP contribution in [0.25, 0.3) is 17.1 Å². The van der Waals surface area contributed by atoms with E-state index >= 15 is 0 Å². The van der Waals surface area contributed by atoms with Gasteiger partial charge in [-0.05, 0) is 73.2 Å². The van der Waals surface area contributed by atoms with E-state index < -0.39 is 12.4 Å². The molecule has 1 aliphatic heterocycles. The molecule has 1 aromatic heterocycles. The molecule has 240 valence electrons. The van der Waals surface area contributed by atoms with Gasteiger partial charge in [0.2, 0.25) is 0 Å². The van der Waals surface area contributed by atoms with Crippen molar-refractivity contribution in [1.29, 1.82) is 0 Å². The van der Waals surface area contributed by atoms with Crippen molar-refractivity contribution in [1.82, 2.24) is 14.8 Å². The highest BCUT2D eigenvalue weighted by Crippen LogP contribution is 2.36. The molecule has 0 N–H and O–H groups in total. The summed E-state index contributed by atoms with van der Waals surface area (Å²) in [5.41, 5.74) is 5.80. The minimum absolute atomic E-state index is 0.153. The molecule has 12 heteroatoms. The number of aliphatic imine (C=N–C) groups is 2. The topological polar surface area (TPSA) is 85.0 Å². The van der Waals surface area contributed by atoms with Crippen molar-refractivity contribution in [2.45, 2.75) is 65.3 Å². The number of amidine groups is 1. The van der Waals surface area contributed by atoms with E-state index in [1.165, 1.54) is 46.4 Å². The van der Waals surface area contributed by atoms with Gasteiger partial charge in [0.05, 0.1) is 5.69 Å². The molecule has 2 unspecified atom stereocenters. The fourth-order valence-corrected chi connectivity index (χ4v) is 6.59. The maximum Gasteiger partial charge on any atom is 0.573 e. The maximum absolute atomic E-state index is 13.0. The third kappa shape index (κ3) is 7.85. The number of halogens is 3. The molecule has 1 fully saturated rings. The van der Waals surface area contributed by atoms with Gasteiger partial charge in [-0.3, -0.25) is 0 Å². The highest BCUT2D eigenvalue weighted by atomic mass is 32.2. The molecular formula is C34H35F3N6O2S. The Morgan fingerprint density at radius 3 is 2.46 bits per heavy atom. The summed E-state index contributed by atoms with van der Waals surface area (Å²) in [5.74, 6) is 1.19. The quantitative estimate of drug-likeness (QED) is 0.186. The van der Waals surface area contributed by atoms with Gasteiger partial charge in [0.15, 0.2) is 11.0 Å². The molecule has 0 radical (unpaired) electrons. The lowest BCUT2D eigenvalue weighted by atomic mass is 9.95. The van der Waals surface area contributed by atoms with Crippen LogP contribution in [0.1, 0.15) is 62.6 Å². The lowest BCUT2D eigenvalue weighted by molar-refractivity contribution is -0.274. The largest absolute Gasteiger partial charge is 0.573 e. The van der Waals surface area contributed by atoms with Gasteiger partial charge in [0.1, 0.15) is 12.1 Å². The van der Waals surface area contributed by atoms with Crippen molar-refractivity contribution in [3.05, 3.63) is 89.7 Å². The van der Waals surface area contributed by atoms with Crippen LogP contribution in [0.2, 0.25) is 0 Å². The van der Waals surface area contributed by atoms with Crippen LogP contribution in [0.3, 0.4) is 0 Å². The number of urea groups is 1. The number of hydrogen-bond acceptors (Lipinski definition) is 5. The summed E-state index contributed by atoms with van der Waals surface area (Å²) >= 11 is 1.58. The molecule has 2 atom stereocenters. The van der Waals surface area contributed by atoms with Gasteiger partial charge in [0, 0.05) is 35.2 Å². The summed E-state index contributed by atoms with van der Waals surface area (Å²) in [7, 11) is 0. The summed E-state index contributed by atoms with van der Waals surface area (Å²) < 4.78 is 42.7. The first-order chi connectivity index (χ1) is 21.9. The van der Waals surface area contributed by atoms with Gasteiger partial charge in [-0.1, -0.05) is 68.9 Å². The van der Waals surface area contributed by atoms with Crippen LogP contribution >= 0.6 is 11.8 Å². The first-order valence-corrected chi connectivity index (χ1v) is 15.9. The van der Waals surface area contributed by atoms with Crippen molar-refractivity contribution >= 4 is 34.9 Å². The van der Waals surface area contributed by atoms with E-state index in [1.807, 2.05) is 37.3 Å². The molecule has 2 heterocycles. The number of aromatic nitrogens is 3. The van der Waals surface area contributed by atoms with Gasteiger partial charge in [0.25, 0.3) is 0 Å². The van der Waals surface area contributed by atoms with Gasteiger partial charge in [-0.2, -0.15) is 4.99 Å². The predicted molar refractivity (Wildman–Crippen MR) is 177 cm³/mol. The number of thioether (sulfide) groups is 1. The van der Waals surface area contributed by atoms with Crippen LogP contribution in [0, 0.1) is 6.92 Å². The van der Waals surface area contributed by atoms with E-state index in [-0.39, 0.29) is 17.7 Å². The average molecular weight is 649 g/mol. The molecule has 46 heavy (non-hydrogen) atoms. The van der Waals surface area contributed by atoms with Crippen molar-refractivity contribution in [3.8, 4) is 22.8 Å². The standard InChI is InChI=1S/C34H35F3N6O2S/c1-21(2)30-22(3)7-6-8-29(30)43-24(5)17-18-46-33(43)40-32(44)38-19-23(4)25-9-11-26(12-10-25)31-39-20-42(41-31)27-13-15-28(16-14-27)45-34(35,36)37/h6-16,19-21,23-24H,17-18H2,1-5H3. The van der Waals surface area contributed by atoms with Gasteiger partial charge >= 0.3 is 12.4 Å². The molecule has 0 saturated carbocycles. The maximum atomic E-state index is 13.0. The van der Waals surface area contributed by atoms with E-state index in [0.29, 0.717) is 22.6 Å². The Morgan fingerprint density at radius 2 is 1.78 bits per heavy atom. The average Bonchev–Trinajstić information content (AvgIpc) is 3.50. The summed E-state index contributed by atoms with van der Waals surface area (Å²) in [5, 5.41) is 5.12. The number of carbonyl (C=O) groups is 1. The normalized spacial score (nSPS) is 17.2. The number of ether oxygens (including phenoxy) is 1. The van der Waals surface area contributed by atoms with E-state index in [0.717, 1.165) is 29.0 Å². The molecule has 1 aliphatic rings.